The van der Waals surface area contributed by atoms with E-state index in [1.807, 2.05) is 18.2 Å². The van der Waals surface area contributed by atoms with Crippen LogP contribution in [-0.2, 0) is 0 Å². The van der Waals surface area contributed by atoms with E-state index >= 15 is 0 Å². The number of nitrogens with zero attached hydrogens (tertiary/aromatic N) is 4. The third kappa shape index (κ3) is 2.87. The molecule has 2 aromatic heterocycles. The molecule has 1 aromatic carbocycles. The fourth-order valence-corrected chi connectivity index (χ4v) is 1.92. The lowest BCUT2D eigenvalue weighted by molar-refractivity contribution is 0.475. The number of phenolic OH excluding ortho intramolecular Hbond substituents is 1. The van der Waals surface area contributed by atoms with Crippen LogP contribution in [-0.4, -0.2) is 31.2 Å². The second-order valence-electron chi connectivity index (χ2n) is 4.22. The highest BCUT2D eigenvalue weighted by Crippen LogP contribution is 2.14. The molecule has 0 saturated carbocycles. The SMILES string of the molecule is Oc1ccc(/C=N/n2c(-c3ccccn3)n[nH]c2=S)cc1. The van der Waals surface area contributed by atoms with Crippen molar-refractivity contribution >= 4 is 18.4 Å². The van der Waals surface area contributed by atoms with Crippen LogP contribution in [0.25, 0.3) is 11.5 Å². The molecule has 104 valence electrons. The summed E-state index contributed by atoms with van der Waals surface area (Å²) in [5.41, 5.74) is 1.51. The van der Waals surface area contributed by atoms with E-state index in [1.54, 1.807) is 36.7 Å². The van der Waals surface area contributed by atoms with Gasteiger partial charge in [0.25, 0.3) is 0 Å². The van der Waals surface area contributed by atoms with Crippen molar-refractivity contribution in [1.82, 2.24) is 19.9 Å². The third-order valence-electron chi connectivity index (χ3n) is 2.76. The molecule has 0 aliphatic rings. The number of pyridine rings is 1. The Balaban J connectivity index is 1.98. The van der Waals surface area contributed by atoms with Crippen LogP contribution in [0, 0.1) is 4.77 Å². The number of rotatable bonds is 3. The number of nitrogens with one attached hydrogen (secondary N) is 1. The molecule has 0 spiro atoms. The van der Waals surface area contributed by atoms with Crippen molar-refractivity contribution in [3.05, 3.63) is 59.0 Å². The maximum Gasteiger partial charge on any atom is 0.216 e. The number of aromatic nitrogens is 4. The van der Waals surface area contributed by atoms with Gasteiger partial charge >= 0.3 is 0 Å². The first-order chi connectivity index (χ1) is 10.2. The quantitative estimate of drug-likeness (QED) is 0.575. The number of aromatic amines is 1. The van der Waals surface area contributed by atoms with E-state index in [-0.39, 0.29) is 5.75 Å². The highest BCUT2D eigenvalue weighted by molar-refractivity contribution is 7.71. The topological polar surface area (TPSA) is 79.1 Å². The number of phenols is 1. The third-order valence-corrected chi connectivity index (χ3v) is 3.02. The molecule has 2 heterocycles. The van der Waals surface area contributed by atoms with E-state index in [1.165, 1.54) is 4.68 Å². The van der Waals surface area contributed by atoms with Gasteiger partial charge in [-0.2, -0.15) is 14.9 Å². The Morgan fingerprint density at radius 2 is 2.00 bits per heavy atom. The van der Waals surface area contributed by atoms with Gasteiger partial charge in [-0.1, -0.05) is 6.07 Å². The molecule has 3 rings (SSSR count). The van der Waals surface area contributed by atoms with Crippen molar-refractivity contribution in [3.8, 4) is 17.3 Å². The zero-order chi connectivity index (χ0) is 14.7. The van der Waals surface area contributed by atoms with Crippen LogP contribution in [0.2, 0.25) is 0 Å². The molecule has 7 heteroatoms. The van der Waals surface area contributed by atoms with Crippen LogP contribution in [0.15, 0.2) is 53.8 Å². The summed E-state index contributed by atoms with van der Waals surface area (Å²) in [6.45, 7) is 0. The van der Waals surface area contributed by atoms with Gasteiger partial charge in [-0.25, -0.2) is 5.10 Å². The Morgan fingerprint density at radius 3 is 2.71 bits per heavy atom. The highest BCUT2D eigenvalue weighted by Gasteiger charge is 2.08. The minimum absolute atomic E-state index is 0.209. The summed E-state index contributed by atoms with van der Waals surface area (Å²) in [5, 5.41) is 20.4. The van der Waals surface area contributed by atoms with Crippen molar-refractivity contribution in [3.63, 3.8) is 0 Å². The molecule has 0 aliphatic carbocycles. The van der Waals surface area contributed by atoms with Crippen LogP contribution in [0.5, 0.6) is 5.75 Å². The molecule has 0 unspecified atom stereocenters. The maximum absolute atomic E-state index is 9.26. The van der Waals surface area contributed by atoms with Crippen molar-refractivity contribution in [1.29, 1.82) is 0 Å². The molecule has 0 atom stereocenters. The molecular weight excluding hydrogens is 286 g/mol. The summed E-state index contributed by atoms with van der Waals surface area (Å²) in [6, 6.07) is 12.2. The van der Waals surface area contributed by atoms with Gasteiger partial charge in [0, 0.05) is 6.20 Å². The van der Waals surface area contributed by atoms with Gasteiger partial charge in [-0.3, -0.25) is 4.98 Å². The molecular formula is C14H11N5OS. The number of aromatic hydroxyl groups is 1. The largest absolute Gasteiger partial charge is 0.508 e. The molecule has 2 N–H and O–H groups in total. The maximum atomic E-state index is 9.26. The summed E-state index contributed by atoms with van der Waals surface area (Å²) >= 11 is 5.17. The lowest BCUT2D eigenvalue weighted by atomic mass is 10.2. The normalized spacial score (nSPS) is 11.0. The number of H-pyrrole nitrogens is 1. The van der Waals surface area contributed by atoms with Crippen molar-refractivity contribution in [2.24, 2.45) is 5.10 Å². The lowest BCUT2D eigenvalue weighted by Gasteiger charge is -1.99. The van der Waals surface area contributed by atoms with Crippen LogP contribution in [0.3, 0.4) is 0 Å². The average Bonchev–Trinajstić information content (AvgIpc) is 2.89. The van der Waals surface area contributed by atoms with Crippen molar-refractivity contribution in [2.75, 3.05) is 0 Å². The monoisotopic (exact) mass is 297 g/mol. The molecule has 0 bridgehead atoms. The molecule has 0 fully saturated rings. The molecule has 6 nitrogen and oxygen atoms in total. The number of hydrogen-bond donors (Lipinski definition) is 2. The minimum atomic E-state index is 0.209. The summed E-state index contributed by atoms with van der Waals surface area (Å²) in [6.07, 6.45) is 3.32. The van der Waals surface area contributed by atoms with Crippen LogP contribution < -0.4 is 0 Å². The van der Waals surface area contributed by atoms with Gasteiger partial charge in [0.05, 0.1) is 6.21 Å². The Hall–Kier alpha value is -2.80. The lowest BCUT2D eigenvalue weighted by Crippen LogP contribution is -1.96. The molecule has 0 saturated heterocycles. The molecule has 21 heavy (non-hydrogen) atoms. The van der Waals surface area contributed by atoms with Gasteiger partial charge in [0.2, 0.25) is 10.6 Å². The van der Waals surface area contributed by atoms with Crippen molar-refractivity contribution < 1.29 is 5.11 Å². The minimum Gasteiger partial charge on any atom is -0.508 e. The van der Waals surface area contributed by atoms with Crippen LogP contribution in [0.1, 0.15) is 5.56 Å². The Labute approximate surface area is 125 Å². The van der Waals surface area contributed by atoms with E-state index in [0.717, 1.165) is 5.56 Å². The van der Waals surface area contributed by atoms with Gasteiger partial charge in [0.15, 0.2) is 0 Å². The zero-order valence-electron chi connectivity index (χ0n) is 10.8. The molecule has 0 amide bonds. The van der Waals surface area contributed by atoms with Crippen LogP contribution >= 0.6 is 12.2 Å². The first-order valence-corrected chi connectivity index (χ1v) is 6.57. The molecule has 0 radical (unpaired) electrons. The predicted octanol–water partition coefficient (Wildman–Crippen LogP) is 2.59. The van der Waals surface area contributed by atoms with E-state index in [2.05, 4.69) is 20.3 Å². The fraction of sp³-hybridized carbons (Fsp3) is 0. The van der Waals surface area contributed by atoms with Gasteiger partial charge in [0.1, 0.15) is 11.4 Å². The van der Waals surface area contributed by atoms with Crippen molar-refractivity contribution in [2.45, 2.75) is 0 Å². The van der Waals surface area contributed by atoms with Gasteiger partial charge in [-0.05, 0) is 54.2 Å². The second-order valence-corrected chi connectivity index (χ2v) is 4.60. The predicted molar refractivity (Wildman–Crippen MR) is 81.7 cm³/mol. The Bertz CT molecular complexity index is 821. The summed E-state index contributed by atoms with van der Waals surface area (Å²) in [4.78, 5) is 4.23. The zero-order valence-corrected chi connectivity index (χ0v) is 11.7. The van der Waals surface area contributed by atoms with Crippen LogP contribution in [0.4, 0.5) is 0 Å². The number of hydrogen-bond acceptors (Lipinski definition) is 5. The van der Waals surface area contributed by atoms with Gasteiger partial charge in [-0.15, -0.1) is 0 Å². The molecule has 3 aromatic rings. The molecule has 0 aliphatic heterocycles. The fourth-order valence-electron chi connectivity index (χ4n) is 1.74. The summed E-state index contributed by atoms with van der Waals surface area (Å²) in [7, 11) is 0. The first kappa shape index (κ1) is 13.2. The number of benzene rings is 1. The van der Waals surface area contributed by atoms with E-state index < -0.39 is 0 Å². The smallest absolute Gasteiger partial charge is 0.216 e. The van der Waals surface area contributed by atoms with E-state index in [0.29, 0.717) is 16.3 Å². The summed E-state index contributed by atoms with van der Waals surface area (Å²) < 4.78 is 1.88. The van der Waals surface area contributed by atoms with E-state index in [9.17, 15) is 5.11 Å². The Morgan fingerprint density at radius 1 is 1.19 bits per heavy atom. The Kier molecular flexibility index (Phi) is 3.57. The standard InChI is InChI=1S/C14H11N5OS/c20-11-6-4-10(5-7-11)9-16-19-13(17-18-14(19)21)12-3-1-2-8-15-12/h1-9,20H,(H,18,21)/b16-9+. The van der Waals surface area contributed by atoms with Gasteiger partial charge < -0.3 is 5.11 Å². The second kappa shape index (κ2) is 5.68. The summed E-state index contributed by atoms with van der Waals surface area (Å²) in [5.74, 6) is 0.747. The first-order valence-electron chi connectivity index (χ1n) is 6.16. The van der Waals surface area contributed by atoms with E-state index in [4.69, 9.17) is 12.2 Å². The average molecular weight is 297 g/mol. The highest BCUT2D eigenvalue weighted by atomic mass is 32.1.